The van der Waals surface area contributed by atoms with Crippen molar-refractivity contribution >= 4 is 31.1 Å². The quantitative estimate of drug-likeness (QED) is 0.311. The van der Waals surface area contributed by atoms with E-state index >= 15 is 0 Å². The number of rotatable bonds is 7. The zero-order chi connectivity index (χ0) is 36.3. The first-order valence-corrected chi connectivity index (χ1v) is 17.4. The molecule has 2 aliphatic heterocycles. The SMILES string of the molecule is CC1=C2CC1C[C@]1(C)OB(C3CCCN3C(=O)C(NC(=O)C(Cc3cn(C(=O)OC(C)(C)C)cn3)NC(=O)OC(C)(C)C)C(C)(C)C)OC21. The van der Waals surface area contributed by atoms with Crippen LogP contribution in [-0.4, -0.2) is 93.0 Å². The third kappa shape index (κ3) is 8.16. The summed E-state index contributed by atoms with van der Waals surface area (Å²) in [5.74, 6) is -0.577. The number of nitrogens with one attached hydrogen (secondary N) is 2. The van der Waals surface area contributed by atoms with Crippen molar-refractivity contribution in [3.8, 4) is 0 Å². The number of nitrogens with zero attached hydrogens (tertiary/aromatic N) is 3. The van der Waals surface area contributed by atoms with Gasteiger partial charge in [-0.05, 0) is 98.0 Å². The second kappa shape index (κ2) is 13.1. The molecule has 2 saturated heterocycles. The van der Waals surface area contributed by atoms with Crippen LogP contribution in [0.3, 0.4) is 0 Å². The summed E-state index contributed by atoms with van der Waals surface area (Å²) < 4.78 is 25.2. The second-order valence-electron chi connectivity index (χ2n) is 17.3. The Morgan fingerprint density at radius 2 is 1.73 bits per heavy atom. The molecule has 0 spiro atoms. The minimum absolute atomic E-state index is 0.0712. The van der Waals surface area contributed by atoms with Gasteiger partial charge >= 0.3 is 19.3 Å². The molecule has 49 heavy (non-hydrogen) atoms. The van der Waals surface area contributed by atoms with Gasteiger partial charge in [-0.1, -0.05) is 26.3 Å². The van der Waals surface area contributed by atoms with Crippen molar-refractivity contribution in [2.24, 2.45) is 11.3 Å². The summed E-state index contributed by atoms with van der Waals surface area (Å²) in [5.41, 5.74) is 0.475. The van der Waals surface area contributed by atoms with E-state index in [-0.39, 0.29) is 24.4 Å². The van der Waals surface area contributed by atoms with E-state index in [0.717, 1.165) is 25.7 Å². The predicted molar refractivity (Wildman–Crippen MR) is 182 cm³/mol. The Balaban J connectivity index is 1.33. The van der Waals surface area contributed by atoms with Gasteiger partial charge in [0.25, 0.3) is 0 Å². The molecular weight excluding hydrogens is 629 g/mol. The average Bonchev–Trinajstić information content (AvgIpc) is 3.70. The lowest BCUT2D eigenvalue weighted by atomic mass is 9.62. The third-order valence-electron chi connectivity index (χ3n) is 9.72. The maximum Gasteiger partial charge on any atom is 0.482 e. The van der Waals surface area contributed by atoms with Crippen LogP contribution >= 0.6 is 0 Å². The number of aromatic nitrogens is 2. The van der Waals surface area contributed by atoms with Crippen molar-refractivity contribution in [3.05, 3.63) is 29.4 Å². The molecule has 2 bridgehead atoms. The number of alkyl carbamates (subject to hydrolysis) is 1. The molecule has 1 aromatic rings. The fourth-order valence-corrected chi connectivity index (χ4v) is 7.31. The highest BCUT2D eigenvalue weighted by Crippen LogP contribution is 2.55. The molecule has 2 N–H and O–H groups in total. The second-order valence-corrected chi connectivity index (χ2v) is 17.3. The lowest BCUT2D eigenvalue weighted by Gasteiger charge is -2.49. The van der Waals surface area contributed by atoms with E-state index in [2.05, 4.69) is 29.5 Å². The largest absolute Gasteiger partial charge is 0.482 e. The first-order chi connectivity index (χ1) is 22.5. The maximum atomic E-state index is 14.4. The highest BCUT2D eigenvalue weighted by molar-refractivity contribution is 6.48. The van der Waals surface area contributed by atoms with E-state index < -0.39 is 59.5 Å². The first kappa shape index (κ1) is 36.9. The Hall–Kier alpha value is -3.39. The Bertz CT molecular complexity index is 1500. The van der Waals surface area contributed by atoms with E-state index in [1.165, 1.54) is 28.2 Å². The summed E-state index contributed by atoms with van der Waals surface area (Å²) in [4.78, 5) is 60.0. The number of carbonyl (C=O) groups excluding carboxylic acids is 4. The molecule has 14 heteroatoms. The highest BCUT2D eigenvalue weighted by Gasteiger charge is 2.61. The van der Waals surface area contributed by atoms with Gasteiger partial charge in [0.05, 0.1) is 23.3 Å². The third-order valence-corrected chi connectivity index (χ3v) is 9.72. The summed E-state index contributed by atoms with van der Waals surface area (Å²) in [6.45, 7) is 20.9. The molecule has 1 aromatic heterocycles. The fraction of sp³-hybridized carbons (Fsp3) is 0.743. The Labute approximate surface area is 290 Å². The molecule has 0 radical (unpaired) electrons. The molecular formula is C35H54BN5O8. The molecule has 5 aliphatic rings. The fourth-order valence-electron chi connectivity index (χ4n) is 7.31. The lowest BCUT2D eigenvalue weighted by molar-refractivity contribution is -0.140. The van der Waals surface area contributed by atoms with Crippen molar-refractivity contribution in [1.82, 2.24) is 25.1 Å². The van der Waals surface area contributed by atoms with Gasteiger partial charge in [-0.15, -0.1) is 0 Å². The van der Waals surface area contributed by atoms with Crippen LogP contribution in [-0.2, 0) is 34.8 Å². The Morgan fingerprint density at radius 3 is 2.35 bits per heavy atom. The van der Waals surface area contributed by atoms with Crippen LogP contribution in [0.1, 0.15) is 108 Å². The van der Waals surface area contributed by atoms with Crippen LogP contribution < -0.4 is 10.6 Å². The summed E-state index contributed by atoms with van der Waals surface area (Å²) in [7, 11) is -0.556. The lowest BCUT2D eigenvalue weighted by Crippen LogP contribution is -2.61. The van der Waals surface area contributed by atoms with Gasteiger partial charge in [-0.2, -0.15) is 0 Å². The Kier molecular flexibility index (Phi) is 9.83. The monoisotopic (exact) mass is 683 g/mol. The molecule has 3 fully saturated rings. The minimum Gasteiger partial charge on any atom is -0.444 e. The van der Waals surface area contributed by atoms with Crippen LogP contribution in [0.25, 0.3) is 0 Å². The van der Waals surface area contributed by atoms with Gasteiger partial charge in [-0.3, -0.25) is 9.59 Å². The molecule has 0 aromatic carbocycles. The van der Waals surface area contributed by atoms with Gasteiger partial charge in [0.2, 0.25) is 11.8 Å². The normalized spacial score (nSPS) is 26.5. The van der Waals surface area contributed by atoms with E-state index in [9.17, 15) is 19.2 Å². The average molecular weight is 684 g/mol. The molecule has 5 unspecified atom stereocenters. The number of likely N-dealkylation sites (tertiary alicyclic amines) is 1. The van der Waals surface area contributed by atoms with E-state index in [0.29, 0.717) is 18.2 Å². The van der Waals surface area contributed by atoms with Crippen LogP contribution in [0.2, 0.25) is 0 Å². The standard InChI is InChI=1S/C35H54BN5O8/c1-20-21-15-23(20)27-35(11,17-21)49-36(48-27)25-13-12-14-41(25)29(43)26(32(2,3)4)39-28(42)24(38-30(44)46-33(5,6)7)16-22-18-40(19-37-22)31(45)47-34(8,9)10/h18-19,21,24-27H,12-17H2,1-11H3,(H,38,44)(H,39,42)/t21?,24?,25?,26?,27?,35-/m0/s1. The smallest absolute Gasteiger partial charge is 0.444 e. The number of ether oxygens (including phenoxy) is 2. The van der Waals surface area contributed by atoms with Crippen LogP contribution in [0.15, 0.2) is 23.7 Å². The number of amides is 3. The molecule has 6 atom stereocenters. The molecule has 270 valence electrons. The van der Waals surface area contributed by atoms with Gasteiger partial charge < -0.3 is 34.3 Å². The number of allylic oxidation sites excluding steroid dienone is 1. The van der Waals surface area contributed by atoms with Crippen molar-refractivity contribution in [3.63, 3.8) is 0 Å². The van der Waals surface area contributed by atoms with Crippen molar-refractivity contribution in [2.75, 3.05) is 6.54 Å². The summed E-state index contributed by atoms with van der Waals surface area (Å²) >= 11 is 0. The van der Waals surface area contributed by atoms with E-state index in [4.69, 9.17) is 18.8 Å². The molecule has 3 aliphatic carbocycles. The van der Waals surface area contributed by atoms with Crippen LogP contribution in [0.5, 0.6) is 0 Å². The minimum atomic E-state index is -1.17. The summed E-state index contributed by atoms with van der Waals surface area (Å²) in [6, 6.07) is -2.10. The van der Waals surface area contributed by atoms with Crippen molar-refractivity contribution in [2.45, 2.75) is 149 Å². The van der Waals surface area contributed by atoms with Crippen LogP contribution in [0.4, 0.5) is 9.59 Å². The predicted octanol–water partition coefficient (Wildman–Crippen LogP) is 4.57. The first-order valence-electron chi connectivity index (χ1n) is 17.4. The number of imidazole rings is 1. The number of hydrogen-bond acceptors (Lipinski definition) is 9. The van der Waals surface area contributed by atoms with Gasteiger partial charge in [-0.25, -0.2) is 19.1 Å². The van der Waals surface area contributed by atoms with Crippen molar-refractivity contribution < 1.29 is 38.0 Å². The summed E-state index contributed by atoms with van der Waals surface area (Å²) in [5, 5.41) is 5.61. The Morgan fingerprint density at radius 1 is 1.06 bits per heavy atom. The van der Waals surface area contributed by atoms with Gasteiger partial charge in [0.15, 0.2) is 0 Å². The van der Waals surface area contributed by atoms with E-state index in [1.54, 1.807) is 46.4 Å². The zero-order valence-corrected chi connectivity index (χ0v) is 31.0. The van der Waals surface area contributed by atoms with E-state index in [1.807, 2.05) is 20.8 Å². The number of hydrogen-bond donors (Lipinski definition) is 2. The highest BCUT2D eigenvalue weighted by atomic mass is 16.7. The topological polar surface area (TPSA) is 150 Å². The molecule has 6 rings (SSSR count). The van der Waals surface area contributed by atoms with Crippen LogP contribution in [0, 0.1) is 11.3 Å². The van der Waals surface area contributed by atoms with Crippen molar-refractivity contribution in [1.29, 1.82) is 0 Å². The molecule has 3 amide bonds. The summed E-state index contributed by atoms with van der Waals surface area (Å²) in [6.07, 6.45) is 4.63. The van der Waals surface area contributed by atoms with Gasteiger partial charge in [0.1, 0.15) is 29.6 Å². The van der Waals surface area contributed by atoms with Gasteiger partial charge in [0, 0.05) is 19.2 Å². The number of carbonyl (C=O) groups is 4. The maximum absolute atomic E-state index is 14.4. The zero-order valence-electron chi connectivity index (χ0n) is 31.0. The molecule has 1 saturated carbocycles. The molecule has 13 nitrogen and oxygen atoms in total. The molecule has 3 heterocycles.